The van der Waals surface area contributed by atoms with Crippen LogP contribution < -0.4 is 10.0 Å². The molecule has 0 radical (unpaired) electrons. The minimum atomic E-state index is -4.04. The molecule has 2 N–H and O–H groups in total. The normalized spacial score (nSPS) is 11.1. The summed E-state index contributed by atoms with van der Waals surface area (Å²) in [7, 11) is -1.32. The second-order valence-corrected chi connectivity index (χ2v) is 8.89. The third-order valence-corrected chi connectivity index (χ3v) is 6.30. The monoisotopic (exact) mass is 492 g/mol. The van der Waals surface area contributed by atoms with Gasteiger partial charge in [-0.15, -0.1) is 0 Å². The van der Waals surface area contributed by atoms with E-state index in [0.717, 1.165) is 0 Å². The lowest BCUT2D eigenvalue weighted by Crippen LogP contribution is -2.22. The molecule has 3 rings (SSSR count). The number of ether oxygens (including phenoxy) is 2. The highest BCUT2D eigenvalue weighted by Gasteiger charge is 2.19. The molecule has 0 spiro atoms. The lowest BCUT2D eigenvalue weighted by atomic mass is 10.1. The Morgan fingerprint density at radius 1 is 1.06 bits per heavy atom. The van der Waals surface area contributed by atoms with Crippen LogP contribution in [0.2, 0.25) is 5.02 Å². The second kappa shape index (κ2) is 10.5. The SMILES string of the molecule is COCc1ccc(C(=O)NCc2cc(NS(=O)(=O)c3ccccc3Cl)cc(C(=O)OC)c2)o1. The first-order chi connectivity index (χ1) is 15.7. The Kier molecular flexibility index (Phi) is 7.75. The van der Waals surface area contributed by atoms with Gasteiger partial charge >= 0.3 is 5.97 Å². The maximum atomic E-state index is 12.8. The van der Waals surface area contributed by atoms with Gasteiger partial charge in [0.15, 0.2) is 5.76 Å². The number of amides is 1. The molecule has 3 aromatic rings. The average molecular weight is 493 g/mol. The maximum Gasteiger partial charge on any atom is 0.337 e. The molecule has 0 aliphatic rings. The van der Waals surface area contributed by atoms with Crippen molar-refractivity contribution in [2.45, 2.75) is 18.0 Å². The highest BCUT2D eigenvalue weighted by Crippen LogP contribution is 2.25. The Balaban J connectivity index is 1.83. The van der Waals surface area contributed by atoms with Gasteiger partial charge in [0.05, 0.1) is 23.4 Å². The molecule has 0 saturated carbocycles. The lowest BCUT2D eigenvalue weighted by Gasteiger charge is -2.13. The number of anilines is 1. The fourth-order valence-electron chi connectivity index (χ4n) is 2.95. The van der Waals surface area contributed by atoms with E-state index in [-0.39, 0.29) is 40.1 Å². The van der Waals surface area contributed by atoms with E-state index in [4.69, 9.17) is 25.5 Å². The molecule has 0 fully saturated rings. The Bertz CT molecular complexity index is 1270. The van der Waals surface area contributed by atoms with E-state index >= 15 is 0 Å². The molecule has 2 aromatic carbocycles. The van der Waals surface area contributed by atoms with Gasteiger partial charge in [-0.05, 0) is 48.0 Å². The number of carbonyl (C=O) groups is 2. The third-order valence-electron chi connectivity index (χ3n) is 4.42. The van der Waals surface area contributed by atoms with Crippen molar-refractivity contribution < 1.29 is 31.9 Å². The van der Waals surface area contributed by atoms with Crippen LogP contribution in [0.5, 0.6) is 0 Å². The van der Waals surface area contributed by atoms with Crippen molar-refractivity contribution in [1.82, 2.24) is 5.32 Å². The zero-order valence-electron chi connectivity index (χ0n) is 17.8. The smallest absolute Gasteiger partial charge is 0.337 e. The maximum absolute atomic E-state index is 12.8. The van der Waals surface area contributed by atoms with Crippen LogP contribution in [0.3, 0.4) is 0 Å². The highest BCUT2D eigenvalue weighted by atomic mass is 35.5. The molecule has 33 heavy (non-hydrogen) atoms. The van der Waals surface area contributed by atoms with Crippen molar-refractivity contribution in [3.05, 3.63) is 82.3 Å². The summed E-state index contributed by atoms with van der Waals surface area (Å²) in [6.07, 6.45) is 0. The van der Waals surface area contributed by atoms with E-state index in [1.54, 1.807) is 18.2 Å². The van der Waals surface area contributed by atoms with Crippen molar-refractivity contribution >= 4 is 39.2 Å². The summed E-state index contributed by atoms with van der Waals surface area (Å²) in [6, 6.07) is 13.4. The predicted molar refractivity (Wildman–Crippen MR) is 121 cm³/mol. The lowest BCUT2D eigenvalue weighted by molar-refractivity contribution is 0.0600. The first-order valence-corrected chi connectivity index (χ1v) is 11.4. The topological polar surface area (TPSA) is 124 Å². The fraction of sp³-hybridized carbons (Fsp3) is 0.182. The molecular weight excluding hydrogens is 472 g/mol. The van der Waals surface area contributed by atoms with Crippen LogP contribution >= 0.6 is 11.6 Å². The number of halogens is 1. The van der Waals surface area contributed by atoms with E-state index in [1.807, 2.05) is 0 Å². The van der Waals surface area contributed by atoms with Crippen LogP contribution in [-0.2, 0) is 32.6 Å². The second-order valence-electron chi connectivity index (χ2n) is 6.83. The van der Waals surface area contributed by atoms with Crippen molar-refractivity contribution in [2.24, 2.45) is 0 Å². The van der Waals surface area contributed by atoms with Gasteiger partial charge in [0.1, 0.15) is 17.3 Å². The van der Waals surface area contributed by atoms with Crippen LogP contribution in [0, 0.1) is 0 Å². The highest BCUT2D eigenvalue weighted by molar-refractivity contribution is 7.92. The quantitative estimate of drug-likeness (QED) is 0.437. The molecule has 1 heterocycles. The van der Waals surface area contributed by atoms with Gasteiger partial charge in [-0.3, -0.25) is 9.52 Å². The van der Waals surface area contributed by atoms with Crippen LogP contribution in [0.1, 0.15) is 32.2 Å². The molecule has 0 bridgehead atoms. The van der Waals surface area contributed by atoms with Gasteiger partial charge in [0, 0.05) is 13.7 Å². The van der Waals surface area contributed by atoms with Gasteiger partial charge in [-0.1, -0.05) is 23.7 Å². The molecule has 0 atom stereocenters. The van der Waals surface area contributed by atoms with Crippen LogP contribution in [0.4, 0.5) is 5.69 Å². The summed E-state index contributed by atoms with van der Waals surface area (Å²) < 4.78 is 43.1. The van der Waals surface area contributed by atoms with Crippen molar-refractivity contribution in [3.63, 3.8) is 0 Å². The number of methoxy groups -OCH3 is 2. The van der Waals surface area contributed by atoms with Gasteiger partial charge < -0.3 is 19.2 Å². The van der Waals surface area contributed by atoms with Gasteiger partial charge in [-0.2, -0.15) is 0 Å². The number of nitrogens with one attached hydrogen (secondary N) is 2. The van der Waals surface area contributed by atoms with Crippen molar-refractivity contribution in [3.8, 4) is 0 Å². The fourth-order valence-corrected chi connectivity index (χ4v) is 4.51. The molecule has 9 nitrogen and oxygen atoms in total. The number of esters is 1. The summed E-state index contributed by atoms with van der Waals surface area (Å²) >= 11 is 6.02. The van der Waals surface area contributed by atoms with Gasteiger partial charge in [0.25, 0.3) is 15.9 Å². The number of benzene rings is 2. The van der Waals surface area contributed by atoms with Crippen molar-refractivity contribution in [2.75, 3.05) is 18.9 Å². The number of sulfonamides is 1. The predicted octanol–water partition coefficient (Wildman–Crippen LogP) is 3.60. The molecule has 0 unspecified atom stereocenters. The molecule has 0 aliphatic heterocycles. The zero-order valence-corrected chi connectivity index (χ0v) is 19.3. The Hall–Kier alpha value is -3.34. The summed E-state index contributed by atoms with van der Waals surface area (Å²) in [5.41, 5.74) is 0.649. The van der Waals surface area contributed by atoms with Gasteiger partial charge in [-0.25, -0.2) is 13.2 Å². The first kappa shape index (κ1) is 24.3. The molecule has 174 valence electrons. The third kappa shape index (κ3) is 6.13. The van der Waals surface area contributed by atoms with Crippen LogP contribution in [0.25, 0.3) is 0 Å². The number of furan rings is 1. The zero-order chi connectivity index (χ0) is 24.0. The minimum Gasteiger partial charge on any atom is -0.465 e. The number of rotatable bonds is 9. The Morgan fingerprint density at radius 3 is 2.52 bits per heavy atom. The number of carbonyl (C=O) groups excluding carboxylic acids is 2. The molecule has 1 amide bonds. The standard InChI is InChI=1S/C22H21ClN2O7S/c1-30-13-17-7-8-19(32-17)21(26)24-12-14-9-15(22(27)31-2)11-16(10-14)25-33(28,29)20-6-4-3-5-18(20)23/h3-11,25H,12-13H2,1-2H3,(H,24,26). The average Bonchev–Trinajstić information content (AvgIpc) is 3.25. The summed E-state index contributed by atoms with van der Waals surface area (Å²) in [5, 5.41) is 2.71. The first-order valence-electron chi connectivity index (χ1n) is 9.59. The molecular formula is C22H21ClN2O7S. The van der Waals surface area contributed by atoms with Crippen LogP contribution in [-0.4, -0.2) is 34.5 Å². The van der Waals surface area contributed by atoms with E-state index in [1.165, 1.54) is 50.6 Å². The van der Waals surface area contributed by atoms with E-state index in [2.05, 4.69) is 10.0 Å². The molecule has 1 aromatic heterocycles. The van der Waals surface area contributed by atoms with E-state index in [9.17, 15) is 18.0 Å². The summed E-state index contributed by atoms with van der Waals surface area (Å²) in [5.74, 6) is -0.576. The molecule has 0 aliphatic carbocycles. The summed E-state index contributed by atoms with van der Waals surface area (Å²) in [6.45, 7) is 0.216. The van der Waals surface area contributed by atoms with Crippen molar-refractivity contribution in [1.29, 1.82) is 0 Å². The number of hydrogen-bond donors (Lipinski definition) is 2. The molecule has 0 saturated heterocycles. The molecule has 11 heteroatoms. The van der Waals surface area contributed by atoms with E-state index < -0.39 is 21.9 Å². The van der Waals surface area contributed by atoms with Gasteiger partial charge in [0.2, 0.25) is 0 Å². The van der Waals surface area contributed by atoms with E-state index in [0.29, 0.717) is 11.3 Å². The Morgan fingerprint density at radius 2 is 1.82 bits per heavy atom. The van der Waals surface area contributed by atoms with Crippen LogP contribution in [0.15, 0.2) is 63.9 Å². The minimum absolute atomic E-state index is 0.00913. The largest absolute Gasteiger partial charge is 0.465 e. The Labute approximate surface area is 195 Å². The summed E-state index contributed by atoms with van der Waals surface area (Å²) in [4.78, 5) is 24.4. The number of hydrogen-bond acceptors (Lipinski definition) is 7.